The highest BCUT2D eigenvalue weighted by molar-refractivity contribution is 6.10. The molecule has 2 heterocycles. The maximum Gasteiger partial charge on any atom is 0.256 e. The van der Waals surface area contributed by atoms with Crippen LogP contribution >= 0.6 is 0 Å². The first-order valence-electron chi connectivity index (χ1n) is 10.3. The maximum atomic E-state index is 13.3. The van der Waals surface area contributed by atoms with Crippen LogP contribution in [0, 0.1) is 18.7 Å². The van der Waals surface area contributed by atoms with Gasteiger partial charge in [0.1, 0.15) is 5.82 Å². The molecule has 148 valence electrons. The molecule has 4 nitrogen and oxygen atoms in total. The molecule has 4 rings (SSSR count). The molecule has 1 aliphatic heterocycles. The number of hydrogen-bond acceptors (Lipinski definition) is 2. The van der Waals surface area contributed by atoms with Gasteiger partial charge in [0.2, 0.25) is 0 Å². The fourth-order valence-electron chi connectivity index (χ4n) is 4.67. The molecule has 1 saturated heterocycles. The van der Waals surface area contributed by atoms with Gasteiger partial charge in [0, 0.05) is 30.9 Å². The monoisotopic (exact) mass is 382 g/mol. The van der Waals surface area contributed by atoms with E-state index >= 15 is 0 Å². The van der Waals surface area contributed by atoms with Crippen LogP contribution in [0.15, 0.2) is 24.3 Å². The van der Waals surface area contributed by atoms with Crippen LogP contribution in [0.3, 0.4) is 0 Å². The number of carbonyl (C=O) groups excluding carboxylic acids is 2. The third-order valence-electron chi connectivity index (χ3n) is 6.15. The number of aromatic amines is 1. The van der Waals surface area contributed by atoms with Crippen LogP contribution in [0.5, 0.6) is 0 Å². The summed E-state index contributed by atoms with van der Waals surface area (Å²) in [4.78, 5) is 30.9. The fraction of sp³-hybridized carbons (Fsp3) is 0.478. The number of amides is 1. The van der Waals surface area contributed by atoms with E-state index in [1.54, 1.807) is 0 Å². The predicted molar refractivity (Wildman–Crippen MR) is 106 cm³/mol. The van der Waals surface area contributed by atoms with E-state index in [4.69, 9.17) is 0 Å². The minimum Gasteiger partial charge on any atom is -0.361 e. The third-order valence-corrected chi connectivity index (χ3v) is 6.15. The van der Waals surface area contributed by atoms with Crippen LogP contribution in [0.25, 0.3) is 0 Å². The molecule has 5 heteroatoms. The highest BCUT2D eigenvalue weighted by Crippen LogP contribution is 2.30. The number of likely N-dealkylation sites (tertiary alicyclic amines) is 1. The minimum absolute atomic E-state index is 0.00303. The van der Waals surface area contributed by atoms with Crippen LogP contribution in [0.2, 0.25) is 0 Å². The lowest BCUT2D eigenvalue weighted by molar-refractivity contribution is 0.0663. The molecule has 1 atom stereocenters. The zero-order valence-electron chi connectivity index (χ0n) is 16.4. The van der Waals surface area contributed by atoms with Gasteiger partial charge in [-0.1, -0.05) is 12.1 Å². The second-order valence-corrected chi connectivity index (χ2v) is 8.18. The lowest BCUT2D eigenvalue weighted by Crippen LogP contribution is -2.40. The van der Waals surface area contributed by atoms with E-state index in [2.05, 4.69) is 4.98 Å². The van der Waals surface area contributed by atoms with Crippen molar-refractivity contribution < 1.29 is 14.0 Å². The molecule has 1 aliphatic carbocycles. The molecule has 0 saturated carbocycles. The molecule has 0 radical (unpaired) electrons. The summed E-state index contributed by atoms with van der Waals surface area (Å²) in [6, 6.07) is 6.67. The molecule has 0 unspecified atom stereocenters. The Balaban J connectivity index is 1.45. The van der Waals surface area contributed by atoms with E-state index in [1.807, 2.05) is 24.0 Å². The number of aromatic nitrogens is 1. The minimum atomic E-state index is -0.210. The van der Waals surface area contributed by atoms with Gasteiger partial charge in [0.05, 0.1) is 11.1 Å². The standard InChI is InChI=1S/C23H27FN2O2/c1-15-21(22-19(25-15)5-2-6-20(22)27)23(28)26-13-3-4-17(14-26)8-7-16-9-11-18(24)12-10-16/h9-12,17,25H,2-8,13-14H2,1H3/t17-/m1/s1. The van der Waals surface area contributed by atoms with E-state index in [9.17, 15) is 14.0 Å². The number of ketones is 1. The average Bonchev–Trinajstić information content (AvgIpc) is 3.04. The largest absolute Gasteiger partial charge is 0.361 e. The van der Waals surface area contributed by atoms with Gasteiger partial charge in [-0.25, -0.2) is 4.39 Å². The van der Waals surface area contributed by atoms with Crippen LogP contribution < -0.4 is 0 Å². The smallest absolute Gasteiger partial charge is 0.256 e. The normalized spacial score (nSPS) is 19.6. The molecule has 1 N–H and O–H groups in total. The summed E-state index contributed by atoms with van der Waals surface area (Å²) in [6.45, 7) is 3.38. The van der Waals surface area contributed by atoms with Crippen molar-refractivity contribution in [2.24, 2.45) is 5.92 Å². The Kier molecular flexibility index (Phi) is 5.33. The molecule has 0 spiro atoms. The molecule has 2 aromatic rings. The van der Waals surface area contributed by atoms with Gasteiger partial charge in [-0.3, -0.25) is 9.59 Å². The van der Waals surface area contributed by atoms with Gasteiger partial charge in [-0.15, -0.1) is 0 Å². The molecule has 0 bridgehead atoms. The van der Waals surface area contributed by atoms with Crippen molar-refractivity contribution >= 4 is 11.7 Å². The number of nitrogens with zero attached hydrogens (tertiary/aromatic N) is 1. The highest BCUT2D eigenvalue weighted by atomic mass is 19.1. The Morgan fingerprint density at radius 1 is 1.21 bits per heavy atom. The first-order chi connectivity index (χ1) is 13.5. The summed E-state index contributed by atoms with van der Waals surface area (Å²) in [5.74, 6) is 0.321. The third kappa shape index (κ3) is 3.75. The summed E-state index contributed by atoms with van der Waals surface area (Å²) >= 11 is 0. The Morgan fingerprint density at radius 2 is 2.00 bits per heavy atom. The first-order valence-corrected chi connectivity index (χ1v) is 10.3. The highest BCUT2D eigenvalue weighted by Gasteiger charge is 2.32. The summed E-state index contributed by atoms with van der Waals surface area (Å²) in [7, 11) is 0. The van der Waals surface area contributed by atoms with Gasteiger partial charge >= 0.3 is 0 Å². The van der Waals surface area contributed by atoms with Crippen LogP contribution in [-0.2, 0) is 12.8 Å². The average molecular weight is 382 g/mol. The van der Waals surface area contributed by atoms with Crippen molar-refractivity contribution in [2.75, 3.05) is 13.1 Å². The topological polar surface area (TPSA) is 53.2 Å². The van der Waals surface area contributed by atoms with Crippen molar-refractivity contribution in [2.45, 2.75) is 51.9 Å². The number of rotatable bonds is 4. The number of Topliss-reactive ketones (excluding diaryl/α,β-unsaturated/α-hetero) is 1. The summed E-state index contributed by atoms with van der Waals surface area (Å²) in [6.07, 6.45) is 6.20. The SMILES string of the molecule is Cc1[nH]c2c(c1C(=O)N1CCC[C@H](CCc3ccc(F)cc3)C1)C(=O)CCC2. The molecule has 28 heavy (non-hydrogen) atoms. The van der Waals surface area contributed by atoms with Crippen LogP contribution in [-0.4, -0.2) is 34.7 Å². The molecule has 1 amide bonds. The molecule has 1 aromatic heterocycles. The van der Waals surface area contributed by atoms with Crippen LogP contribution in [0.1, 0.15) is 69.8 Å². The number of aryl methyl sites for hydroxylation is 3. The number of piperidine rings is 1. The van der Waals surface area contributed by atoms with Gasteiger partial charge in [0.25, 0.3) is 5.91 Å². The summed E-state index contributed by atoms with van der Waals surface area (Å²) < 4.78 is 13.1. The first kappa shape index (κ1) is 18.9. The Bertz CT molecular complexity index is 885. The second-order valence-electron chi connectivity index (χ2n) is 8.18. The van der Waals surface area contributed by atoms with E-state index in [-0.39, 0.29) is 17.5 Å². The van der Waals surface area contributed by atoms with Gasteiger partial charge in [-0.2, -0.15) is 0 Å². The number of fused-ring (bicyclic) bond motifs is 1. The second kappa shape index (κ2) is 7.90. The lowest BCUT2D eigenvalue weighted by Gasteiger charge is -2.33. The van der Waals surface area contributed by atoms with E-state index in [0.717, 1.165) is 68.6 Å². The Hall–Kier alpha value is -2.43. The zero-order valence-corrected chi connectivity index (χ0v) is 16.4. The Morgan fingerprint density at radius 3 is 2.79 bits per heavy atom. The number of carbonyl (C=O) groups is 2. The van der Waals surface area contributed by atoms with Crippen molar-refractivity contribution in [3.05, 3.63) is 58.2 Å². The maximum absolute atomic E-state index is 13.3. The van der Waals surface area contributed by atoms with E-state index in [0.29, 0.717) is 23.5 Å². The van der Waals surface area contributed by atoms with Crippen molar-refractivity contribution in [3.63, 3.8) is 0 Å². The van der Waals surface area contributed by atoms with Crippen LogP contribution in [0.4, 0.5) is 4.39 Å². The molecule has 1 aromatic carbocycles. The quantitative estimate of drug-likeness (QED) is 0.848. The summed E-state index contributed by atoms with van der Waals surface area (Å²) in [5, 5.41) is 0. The summed E-state index contributed by atoms with van der Waals surface area (Å²) in [5.41, 5.74) is 4.12. The number of benzene rings is 1. The molecular formula is C23H27FN2O2. The number of H-pyrrole nitrogens is 1. The van der Waals surface area contributed by atoms with Crippen molar-refractivity contribution in [1.29, 1.82) is 0 Å². The number of hydrogen-bond donors (Lipinski definition) is 1. The number of halogens is 1. The molecule has 2 aliphatic rings. The van der Waals surface area contributed by atoms with E-state index < -0.39 is 0 Å². The molecule has 1 fully saturated rings. The Labute approximate surface area is 165 Å². The van der Waals surface area contributed by atoms with Gasteiger partial charge in [0.15, 0.2) is 5.78 Å². The number of nitrogens with one attached hydrogen (secondary N) is 1. The predicted octanol–water partition coefficient (Wildman–Crippen LogP) is 4.47. The fourth-order valence-corrected chi connectivity index (χ4v) is 4.67. The van der Waals surface area contributed by atoms with Crippen molar-refractivity contribution in [1.82, 2.24) is 9.88 Å². The lowest BCUT2D eigenvalue weighted by atomic mass is 9.90. The van der Waals surface area contributed by atoms with Crippen molar-refractivity contribution in [3.8, 4) is 0 Å². The van der Waals surface area contributed by atoms with E-state index in [1.165, 1.54) is 12.1 Å². The van der Waals surface area contributed by atoms with Gasteiger partial charge < -0.3 is 9.88 Å². The zero-order chi connectivity index (χ0) is 19.7. The van der Waals surface area contributed by atoms with Gasteiger partial charge in [-0.05, 0) is 69.1 Å². The molecular weight excluding hydrogens is 355 g/mol.